The molecule has 0 fully saturated rings. The molecule has 3 rings (SSSR count). The number of halogens is 3. The molecular formula is C25H30F3N7O3S. The van der Waals surface area contributed by atoms with Crippen molar-refractivity contribution in [2.75, 3.05) is 28.2 Å². The van der Waals surface area contributed by atoms with Gasteiger partial charge in [-0.1, -0.05) is 19.1 Å². The maximum atomic E-state index is 13.7. The summed E-state index contributed by atoms with van der Waals surface area (Å²) in [7, 11) is -2.36. The van der Waals surface area contributed by atoms with E-state index in [1.165, 1.54) is 19.3 Å². The van der Waals surface area contributed by atoms with Crippen LogP contribution in [-0.2, 0) is 22.7 Å². The molecular weight excluding hydrogens is 535 g/mol. The molecule has 3 aromatic rings. The summed E-state index contributed by atoms with van der Waals surface area (Å²) in [5, 5.41) is 8.39. The fraction of sp³-hybridized carbons (Fsp3) is 0.360. The quantitative estimate of drug-likeness (QED) is 0.326. The highest BCUT2D eigenvalue weighted by atomic mass is 32.2. The van der Waals surface area contributed by atoms with Crippen molar-refractivity contribution in [1.82, 2.24) is 20.3 Å². The summed E-state index contributed by atoms with van der Waals surface area (Å²) in [5.41, 5.74) is -0.440. The number of carbonyl (C=O) groups excluding carboxylic acids is 1. The Bertz CT molecular complexity index is 1450. The van der Waals surface area contributed by atoms with E-state index in [9.17, 15) is 26.4 Å². The van der Waals surface area contributed by atoms with Crippen LogP contribution in [0.3, 0.4) is 0 Å². The van der Waals surface area contributed by atoms with E-state index >= 15 is 0 Å². The predicted molar refractivity (Wildman–Crippen MR) is 143 cm³/mol. The first kappa shape index (κ1) is 29.6. The van der Waals surface area contributed by atoms with Crippen LogP contribution in [-0.4, -0.2) is 48.1 Å². The lowest BCUT2D eigenvalue weighted by molar-refractivity contribution is -0.137. The zero-order chi connectivity index (χ0) is 29.0. The number of benzene rings is 1. The summed E-state index contributed by atoms with van der Waals surface area (Å²) >= 11 is 0. The molecule has 0 aliphatic rings. The number of amides is 1. The SMILES string of the molecule is CCC(C)(C)NC(=O)c1cccc(Nc2ncc(C(F)(F)F)c(NCc3cccnc3N(C)S(C)(=O)=O)n2)c1. The Labute approximate surface area is 225 Å². The minimum atomic E-state index is -4.76. The Balaban J connectivity index is 1.88. The van der Waals surface area contributed by atoms with Gasteiger partial charge in [-0.25, -0.2) is 18.4 Å². The number of aromatic nitrogens is 3. The minimum absolute atomic E-state index is 0.0646. The van der Waals surface area contributed by atoms with Crippen LogP contribution >= 0.6 is 0 Å². The summed E-state index contributed by atoms with van der Waals surface area (Å²) in [5.74, 6) is -0.894. The number of nitrogens with one attached hydrogen (secondary N) is 3. The number of carbonyl (C=O) groups is 1. The topological polar surface area (TPSA) is 129 Å². The van der Waals surface area contributed by atoms with Gasteiger partial charge in [-0.3, -0.25) is 9.10 Å². The average molecular weight is 566 g/mol. The van der Waals surface area contributed by atoms with Gasteiger partial charge in [0.15, 0.2) is 0 Å². The van der Waals surface area contributed by atoms with Crippen LogP contribution in [0.25, 0.3) is 0 Å². The predicted octanol–water partition coefficient (Wildman–Crippen LogP) is 4.56. The monoisotopic (exact) mass is 565 g/mol. The van der Waals surface area contributed by atoms with Crippen LogP contribution < -0.4 is 20.3 Å². The largest absolute Gasteiger partial charge is 0.421 e. The molecule has 3 N–H and O–H groups in total. The summed E-state index contributed by atoms with van der Waals surface area (Å²) in [6.07, 6.45) is -1.02. The van der Waals surface area contributed by atoms with Crippen LogP contribution in [0.2, 0.25) is 0 Å². The van der Waals surface area contributed by atoms with Gasteiger partial charge in [-0.2, -0.15) is 18.2 Å². The fourth-order valence-electron chi connectivity index (χ4n) is 3.31. The average Bonchev–Trinajstić information content (AvgIpc) is 2.86. The minimum Gasteiger partial charge on any atom is -0.365 e. The van der Waals surface area contributed by atoms with Crippen LogP contribution in [0.1, 0.15) is 48.7 Å². The van der Waals surface area contributed by atoms with Gasteiger partial charge < -0.3 is 16.0 Å². The van der Waals surface area contributed by atoms with Crippen LogP contribution in [0.15, 0.2) is 48.8 Å². The van der Waals surface area contributed by atoms with E-state index in [0.717, 1.165) is 17.0 Å². The van der Waals surface area contributed by atoms with Crippen molar-refractivity contribution in [2.24, 2.45) is 0 Å². The van der Waals surface area contributed by atoms with Crippen molar-refractivity contribution in [3.8, 4) is 0 Å². The van der Waals surface area contributed by atoms with Gasteiger partial charge in [-0.15, -0.1) is 0 Å². The molecule has 10 nitrogen and oxygen atoms in total. The molecule has 0 aliphatic heterocycles. The van der Waals surface area contributed by atoms with Crippen LogP contribution in [0.4, 0.5) is 36.4 Å². The van der Waals surface area contributed by atoms with Gasteiger partial charge >= 0.3 is 6.18 Å². The first-order chi connectivity index (χ1) is 18.1. The van der Waals surface area contributed by atoms with Crippen molar-refractivity contribution in [1.29, 1.82) is 0 Å². The molecule has 39 heavy (non-hydrogen) atoms. The second-order valence-corrected chi connectivity index (χ2v) is 11.4. The number of nitrogens with zero attached hydrogens (tertiary/aromatic N) is 4. The van der Waals surface area contributed by atoms with Crippen LogP contribution in [0, 0.1) is 0 Å². The number of rotatable bonds is 10. The Morgan fingerprint density at radius 1 is 1.10 bits per heavy atom. The normalized spacial score (nSPS) is 12.1. The molecule has 2 heterocycles. The van der Waals surface area contributed by atoms with Gasteiger partial charge in [0.2, 0.25) is 16.0 Å². The molecule has 0 atom stereocenters. The molecule has 0 bridgehead atoms. The summed E-state index contributed by atoms with van der Waals surface area (Å²) < 4.78 is 66.0. The molecule has 1 aromatic carbocycles. The van der Waals surface area contributed by atoms with E-state index in [4.69, 9.17) is 0 Å². The molecule has 210 valence electrons. The molecule has 0 aliphatic carbocycles. The molecule has 1 amide bonds. The van der Waals surface area contributed by atoms with Gasteiger partial charge in [0.1, 0.15) is 17.2 Å². The second kappa shape index (κ2) is 11.4. The number of alkyl halides is 3. The third-order valence-corrected chi connectivity index (χ3v) is 7.09. The molecule has 0 radical (unpaired) electrons. The van der Waals surface area contributed by atoms with Crippen molar-refractivity contribution in [3.63, 3.8) is 0 Å². The standard InChI is InChI=1S/C25H30F3N7O3S/c1-6-24(2,3)34-22(36)16-9-7-11-18(13-16)32-23-31-15-19(25(26,27)28)20(33-23)30-14-17-10-8-12-29-21(17)35(4)39(5,37)38/h7-13,15H,6,14H2,1-5H3,(H,34,36)(H2,30,31,32,33). The van der Waals surface area contributed by atoms with Crippen molar-refractivity contribution in [2.45, 2.75) is 45.5 Å². The summed E-state index contributed by atoms with van der Waals surface area (Å²) in [4.78, 5) is 24.5. The highest BCUT2D eigenvalue weighted by Gasteiger charge is 2.35. The van der Waals surface area contributed by atoms with Crippen molar-refractivity contribution in [3.05, 3.63) is 65.5 Å². The first-order valence-electron chi connectivity index (χ1n) is 11.9. The molecule has 0 saturated carbocycles. The maximum absolute atomic E-state index is 13.7. The van der Waals surface area contributed by atoms with Crippen molar-refractivity contribution < 1.29 is 26.4 Å². The molecule has 0 unspecified atom stereocenters. The van der Waals surface area contributed by atoms with Gasteiger partial charge in [0.05, 0.1) is 6.26 Å². The third-order valence-electron chi connectivity index (χ3n) is 5.92. The smallest absolute Gasteiger partial charge is 0.365 e. The molecule has 2 aromatic heterocycles. The number of pyridine rings is 1. The Kier molecular flexibility index (Phi) is 8.68. The van der Waals surface area contributed by atoms with E-state index in [0.29, 0.717) is 23.0 Å². The summed E-state index contributed by atoms with van der Waals surface area (Å²) in [6, 6.07) is 9.49. The Morgan fingerprint density at radius 3 is 2.46 bits per heavy atom. The lowest BCUT2D eigenvalue weighted by Crippen LogP contribution is -2.42. The van der Waals surface area contributed by atoms with E-state index in [-0.39, 0.29) is 24.2 Å². The summed E-state index contributed by atoms with van der Waals surface area (Å²) in [6.45, 7) is 5.53. The Morgan fingerprint density at radius 2 is 1.82 bits per heavy atom. The Hall–Kier alpha value is -3.94. The van der Waals surface area contributed by atoms with E-state index in [2.05, 4.69) is 30.9 Å². The fourth-order valence-corrected chi connectivity index (χ4v) is 3.79. The van der Waals surface area contributed by atoms with Gasteiger partial charge in [0.25, 0.3) is 5.91 Å². The number of hydrogen-bond donors (Lipinski definition) is 3. The lowest BCUT2D eigenvalue weighted by atomic mass is 10.0. The third kappa shape index (κ3) is 7.78. The number of sulfonamides is 1. The molecule has 14 heteroatoms. The zero-order valence-electron chi connectivity index (χ0n) is 22.1. The van der Waals surface area contributed by atoms with Gasteiger partial charge in [-0.05, 0) is 44.5 Å². The van der Waals surface area contributed by atoms with Crippen LogP contribution in [0.5, 0.6) is 0 Å². The maximum Gasteiger partial charge on any atom is 0.421 e. The van der Waals surface area contributed by atoms with Crippen molar-refractivity contribution >= 4 is 39.2 Å². The number of hydrogen-bond acceptors (Lipinski definition) is 8. The molecule has 0 spiro atoms. The van der Waals surface area contributed by atoms with E-state index < -0.39 is 33.1 Å². The highest BCUT2D eigenvalue weighted by molar-refractivity contribution is 7.92. The molecule has 0 saturated heterocycles. The van der Waals surface area contributed by atoms with Gasteiger partial charge in [0, 0.05) is 48.3 Å². The van der Waals surface area contributed by atoms with E-state index in [1.807, 2.05) is 20.8 Å². The highest BCUT2D eigenvalue weighted by Crippen LogP contribution is 2.34. The van der Waals surface area contributed by atoms with E-state index in [1.54, 1.807) is 30.3 Å². The lowest BCUT2D eigenvalue weighted by Gasteiger charge is -2.24. The zero-order valence-corrected chi connectivity index (χ0v) is 22.9. The second-order valence-electron chi connectivity index (χ2n) is 9.42. The number of anilines is 4. The first-order valence-corrected chi connectivity index (χ1v) is 13.7.